The van der Waals surface area contributed by atoms with Crippen molar-refractivity contribution in [2.75, 3.05) is 6.61 Å². The maximum absolute atomic E-state index is 13.3. The highest BCUT2D eigenvalue weighted by molar-refractivity contribution is 7.86. The summed E-state index contributed by atoms with van der Waals surface area (Å²) in [5, 5.41) is -5.02. The van der Waals surface area contributed by atoms with Crippen molar-refractivity contribution < 1.29 is 54.7 Å². The Balaban J connectivity index is 1.36. The van der Waals surface area contributed by atoms with E-state index in [1.54, 1.807) is 0 Å². The largest absolute Gasteiger partial charge is 0.466 e. The normalized spacial score (nSPS) is 31.4. The van der Waals surface area contributed by atoms with Crippen molar-refractivity contribution in [1.82, 2.24) is 0 Å². The molecular weight excluding hydrogens is 425 g/mol. The lowest BCUT2D eigenvalue weighted by Crippen LogP contribution is -2.39. The average molecular weight is 444 g/mol. The lowest BCUT2D eigenvalue weighted by molar-refractivity contribution is -0.163. The highest BCUT2D eigenvalue weighted by atomic mass is 32.2. The van der Waals surface area contributed by atoms with Gasteiger partial charge >= 0.3 is 33.3 Å². The van der Waals surface area contributed by atoms with Crippen LogP contribution in [0.15, 0.2) is 0 Å². The number of carbonyl (C=O) groups is 3. The van der Waals surface area contributed by atoms with Gasteiger partial charge in [-0.05, 0) is 12.8 Å². The van der Waals surface area contributed by atoms with Gasteiger partial charge in [-0.1, -0.05) is 0 Å². The fraction of sp³-hybridized carbons (Fsp3) is 0.812. The second-order valence-electron chi connectivity index (χ2n) is 7.37. The molecule has 0 aromatic heterocycles. The summed E-state index contributed by atoms with van der Waals surface area (Å²) in [5.74, 6) is -2.06. The molecule has 3 fully saturated rings. The van der Waals surface area contributed by atoms with E-state index in [4.69, 9.17) is 14.0 Å². The zero-order chi connectivity index (χ0) is 21.6. The molecule has 0 aromatic carbocycles. The molecular formula is C16H19F3O9S. The molecule has 0 aromatic rings. The molecule has 2 bridgehead atoms. The van der Waals surface area contributed by atoms with Crippen LogP contribution >= 0.6 is 0 Å². The Morgan fingerprint density at radius 3 is 2.55 bits per heavy atom. The van der Waals surface area contributed by atoms with Crippen LogP contribution in [0.25, 0.3) is 0 Å². The number of esters is 3. The summed E-state index contributed by atoms with van der Waals surface area (Å²) >= 11 is 0. The molecule has 13 heteroatoms. The minimum Gasteiger partial charge on any atom is -0.466 e. The first-order valence-corrected chi connectivity index (χ1v) is 10.4. The summed E-state index contributed by atoms with van der Waals surface area (Å²) in [6.07, 6.45) is -4.96. The molecule has 3 aliphatic rings. The van der Waals surface area contributed by atoms with Crippen LogP contribution < -0.4 is 0 Å². The summed E-state index contributed by atoms with van der Waals surface area (Å²) < 4.78 is 83.4. The first-order chi connectivity index (χ1) is 13.4. The van der Waals surface area contributed by atoms with Crippen LogP contribution in [0.4, 0.5) is 13.2 Å². The molecule has 3 rings (SSSR count). The SMILES string of the molecule is O=C(CCC(=O)OC1C2CC3C(=O)OC1C3C2)OCCC(F)C(F)(F)S(=O)(=O)O. The van der Waals surface area contributed by atoms with E-state index in [-0.39, 0.29) is 30.1 Å². The van der Waals surface area contributed by atoms with E-state index in [0.29, 0.717) is 6.42 Å². The topological polar surface area (TPSA) is 133 Å². The van der Waals surface area contributed by atoms with E-state index < -0.39 is 65.1 Å². The average Bonchev–Trinajstić information content (AvgIpc) is 3.24. The van der Waals surface area contributed by atoms with Crippen molar-refractivity contribution in [1.29, 1.82) is 0 Å². The van der Waals surface area contributed by atoms with Crippen LogP contribution in [0.3, 0.4) is 0 Å². The van der Waals surface area contributed by atoms with Gasteiger partial charge in [0.05, 0.1) is 25.4 Å². The number of hydrogen-bond acceptors (Lipinski definition) is 8. The molecule has 0 radical (unpaired) electrons. The van der Waals surface area contributed by atoms with Crippen molar-refractivity contribution in [3.05, 3.63) is 0 Å². The van der Waals surface area contributed by atoms with Crippen molar-refractivity contribution in [3.63, 3.8) is 0 Å². The number of rotatable bonds is 9. The van der Waals surface area contributed by atoms with Crippen molar-refractivity contribution >= 4 is 28.0 Å². The smallest absolute Gasteiger partial charge is 0.400 e. The second kappa shape index (κ2) is 7.74. The minimum atomic E-state index is -5.94. The summed E-state index contributed by atoms with van der Waals surface area (Å²) in [7, 11) is -5.94. The van der Waals surface area contributed by atoms with Crippen molar-refractivity contribution in [3.8, 4) is 0 Å². The Morgan fingerprint density at radius 1 is 1.24 bits per heavy atom. The maximum Gasteiger partial charge on any atom is 0.400 e. The molecule has 164 valence electrons. The summed E-state index contributed by atoms with van der Waals surface area (Å²) in [5.41, 5.74) is 0. The van der Waals surface area contributed by atoms with E-state index >= 15 is 0 Å². The third kappa shape index (κ3) is 4.20. The number of alkyl halides is 3. The van der Waals surface area contributed by atoms with E-state index in [1.165, 1.54) is 0 Å². The zero-order valence-corrected chi connectivity index (χ0v) is 15.8. The molecule has 1 N–H and O–H groups in total. The van der Waals surface area contributed by atoms with Crippen LogP contribution in [0.1, 0.15) is 32.1 Å². The molecule has 2 saturated carbocycles. The predicted octanol–water partition coefficient (Wildman–Crippen LogP) is 1.01. The summed E-state index contributed by atoms with van der Waals surface area (Å²) in [6, 6.07) is 0. The van der Waals surface area contributed by atoms with Gasteiger partial charge in [-0.15, -0.1) is 0 Å². The van der Waals surface area contributed by atoms with Gasteiger partial charge in [0.15, 0.2) is 6.17 Å². The van der Waals surface area contributed by atoms with E-state index in [2.05, 4.69) is 4.74 Å². The van der Waals surface area contributed by atoms with E-state index in [1.807, 2.05) is 0 Å². The molecule has 6 unspecified atom stereocenters. The van der Waals surface area contributed by atoms with Crippen LogP contribution in [-0.2, 0) is 38.7 Å². The van der Waals surface area contributed by atoms with Gasteiger partial charge in [0, 0.05) is 18.3 Å². The molecule has 2 aliphatic carbocycles. The lowest BCUT2D eigenvalue weighted by Gasteiger charge is -2.25. The van der Waals surface area contributed by atoms with Gasteiger partial charge in [-0.25, -0.2) is 4.39 Å². The predicted molar refractivity (Wildman–Crippen MR) is 85.7 cm³/mol. The molecule has 9 nitrogen and oxygen atoms in total. The third-order valence-corrected chi connectivity index (χ3v) is 6.50. The van der Waals surface area contributed by atoms with Gasteiger partial charge in [0.25, 0.3) is 0 Å². The van der Waals surface area contributed by atoms with Crippen molar-refractivity contribution in [2.24, 2.45) is 17.8 Å². The van der Waals surface area contributed by atoms with Gasteiger partial charge in [0.1, 0.15) is 12.2 Å². The lowest BCUT2D eigenvalue weighted by atomic mass is 9.88. The second-order valence-corrected chi connectivity index (χ2v) is 8.87. The summed E-state index contributed by atoms with van der Waals surface area (Å²) in [6.45, 7) is -0.869. The minimum absolute atomic E-state index is 0.0308. The van der Waals surface area contributed by atoms with Crippen LogP contribution in [-0.4, -0.2) is 61.1 Å². The number of fused-ring (bicyclic) bond motifs is 1. The molecule has 0 spiro atoms. The van der Waals surface area contributed by atoms with Crippen LogP contribution in [0.2, 0.25) is 0 Å². The fourth-order valence-electron chi connectivity index (χ4n) is 4.16. The van der Waals surface area contributed by atoms with Crippen LogP contribution in [0, 0.1) is 17.8 Å². The number of hydrogen-bond donors (Lipinski definition) is 1. The number of ether oxygens (including phenoxy) is 3. The monoisotopic (exact) mass is 444 g/mol. The number of halogens is 3. The van der Waals surface area contributed by atoms with E-state index in [9.17, 15) is 36.0 Å². The van der Waals surface area contributed by atoms with Crippen molar-refractivity contribution in [2.45, 2.75) is 55.7 Å². The number of carbonyl (C=O) groups excluding carboxylic acids is 3. The molecule has 1 saturated heterocycles. The van der Waals surface area contributed by atoms with Gasteiger partial charge in [-0.2, -0.15) is 17.2 Å². The third-order valence-electron chi connectivity index (χ3n) is 5.56. The highest BCUT2D eigenvalue weighted by Crippen LogP contribution is 2.55. The molecule has 0 amide bonds. The first kappa shape index (κ1) is 21.8. The fourth-order valence-corrected chi connectivity index (χ4v) is 4.60. The molecule has 29 heavy (non-hydrogen) atoms. The zero-order valence-electron chi connectivity index (χ0n) is 15.0. The Labute approximate surface area is 163 Å². The van der Waals surface area contributed by atoms with E-state index in [0.717, 1.165) is 6.42 Å². The molecule has 6 atom stereocenters. The Hall–Kier alpha value is -1.89. The summed E-state index contributed by atoms with van der Waals surface area (Å²) in [4.78, 5) is 35.1. The first-order valence-electron chi connectivity index (χ1n) is 8.96. The van der Waals surface area contributed by atoms with Gasteiger partial charge in [-0.3, -0.25) is 18.9 Å². The maximum atomic E-state index is 13.3. The van der Waals surface area contributed by atoms with Gasteiger partial charge in [0.2, 0.25) is 0 Å². The highest BCUT2D eigenvalue weighted by Gasteiger charge is 2.63. The molecule has 1 aliphatic heterocycles. The molecule has 1 heterocycles. The standard InChI is InChI=1S/C16H19F3O9S/c17-10(16(18,19)29(23,24)25)3-4-26-11(20)1-2-12(21)27-13-7-5-8-9(6-7)15(22)28-14(8)13/h7-10,13-14H,1-6H2,(H,23,24,25). The Morgan fingerprint density at radius 2 is 1.90 bits per heavy atom. The van der Waals surface area contributed by atoms with Crippen LogP contribution in [0.5, 0.6) is 0 Å². The van der Waals surface area contributed by atoms with Gasteiger partial charge < -0.3 is 14.2 Å². The quantitative estimate of drug-likeness (QED) is 0.314. The Kier molecular flexibility index (Phi) is 5.82. The Bertz CT molecular complexity index is 799.